The van der Waals surface area contributed by atoms with Crippen LogP contribution in [0.4, 0.5) is 0 Å². The van der Waals surface area contributed by atoms with Crippen LogP contribution in [0.1, 0.15) is 10.5 Å². The van der Waals surface area contributed by atoms with E-state index in [9.17, 15) is 4.79 Å². The van der Waals surface area contributed by atoms with Gasteiger partial charge in [-0.2, -0.15) is 0 Å². The monoisotopic (exact) mass is 234 g/mol. The molecule has 0 spiro atoms. The lowest BCUT2D eigenvalue weighted by molar-refractivity contribution is 0.0223. The molecule has 0 radical (unpaired) electrons. The molecule has 0 aromatic carbocycles. The van der Waals surface area contributed by atoms with E-state index >= 15 is 0 Å². The Kier molecular flexibility index (Phi) is 2.86. The lowest BCUT2D eigenvalue weighted by atomic mass is 10.1. The fourth-order valence-electron chi connectivity index (χ4n) is 2.53. The highest BCUT2D eigenvalue weighted by molar-refractivity contribution is 5.93. The predicted molar refractivity (Wildman–Crippen MR) is 64.9 cm³/mol. The van der Waals surface area contributed by atoms with Gasteiger partial charge in [0.05, 0.1) is 0 Å². The van der Waals surface area contributed by atoms with Crippen LogP contribution in [-0.2, 0) is 0 Å². The highest BCUT2D eigenvalue weighted by Gasteiger charge is 2.35. The molecule has 5 heteroatoms. The van der Waals surface area contributed by atoms with Crippen LogP contribution >= 0.6 is 0 Å². The Morgan fingerprint density at radius 2 is 2.06 bits per heavy atom. The van der Waals surface area contributed by atoms with E-state index in [0.29, 0.717) is 11.7 Å². The zero-order valence-electron chi connectivity index (χ0n) is 9.85. The van der Waals surface area contributed by atoms with Gasteiger partial charge in [0.1, 0.15) is 5.69 Å². The van der Waals surface area contributed by atoms with Gasteiger partial charge in [0.15, 0.2) is 0 Å². The Morgan fingerprint density at radius 3 is 2.71 bits per heavy atom. The second-order valence-corrected chi connectivity index (χ2v) is 4.73. The molecule has 2 saturated heterocycles. The molecule has 1 amide bonds. The van der Waals surface area contributed by atoms with Crippen LogP contribution in [0, 0.1) is 0 Å². The fraction of sp³-hybridized carbons (Fsp3) is 0.583. The number of likely N-dealkylation sites (tertiary alicyclic amines) is 1. The summed E-state index contributed by atoms with van der Waals surface area (Å²) in [5, 5.41) is 3.35. The summed E-state index contributed by atoms with van der Waals surface area (Å²) in [6, 6.07) is 4.26. The Bertz CT molecular complexity index is 377. The van der Waals surface area contributed by atoms with E-state index in [2.05, 4.69) is 15.2 Å². The van der Waals surface area contributed by atoms with Gasteiger partial charge in [0.2, 0.25) is 0 Å². The summed E-state index contributed by atoms with van der Waals surface area (Å²) in [4.78, 5) is 19.3. The van der Waals surface area contributed by atoms with Gasteiger partial charge in [-0.15, -0.1) is 0 Å². The van der Waals surface area contributed by atoms with Gasteiger partial charge in [-0.05, 0) is 12.1 Å². The molecule has 3 rings (SSSR count). The van der Waals surface area contributed by atoms with Crippen LogP contribution in [0.3, 0.4) is 0 Å². The number of nitrogens with one attached hydrogen (secondary N) is 2. The van der Waals surface area contributed by atoms with Crippen LogP contribution < -0.4 is 5.32 Å². The summed E-state index contributed by atoms with van der Waals surface area (Å²) >= 11 is 0. The molecule has 3 heterocycles. The van der Waals surface area contributed by atoms with E-state index in [1.807, 2.05) is 17.0 Å². The normalized spacial score (nSPS) is 22.5. The van der Waals surface area contributed by atoms with Crippen molar-refractivity contribution in [3.8, 4) is 0 Å². The van der Waals surface area contributed by atoms with Gasteiger partial charge in [-0.25, -0.2) is 0 Å². The van der Waals surface area contributed by atoms with Crippen LogP contribution in [0.2, 0.25) is 0 Å². The molecule has 17 heavy (non-hydrogen) atoms. The van der Waals surface area contributed by atoms with Crippen molar-refractivity contribution < 1.29 is 4.79 Å². The van der Waals surface area contributed by atoms with Crippen LogP contribution in [0.25, 0.3) is 0 Å². The molecule has 2 N–H and O–H groups in total. The van der Waals surface area contributed by atoms with Crippen molar-refractivity contribution in [2.75, 3.05) is 39.3 Å². The van der Waals surface area contributed by atoms with E-state index in [4.69, 9.17) is 0 Å². The van der Waals surface area contributed by atoms with E-state index < -0.39 is 0 Å². The fourth-order valence-corrected chi connectivity index (χ4v) is 2.53. The lowest BCUT2D eigenvalue weighted by Gasteiger charge is -2.46. The van der Waals surface area contributed by atoms with Crippen LogP contribution in [0.15, 0.2) is 18.3 Å². The number of amides is 1. The minimum atomic E-state index is 0.126. The molecule has 2 aliphatic rings. The first kappa shape index (κ1) is 10.8. The molecule has 0 aliphatic carbocycles. The molecule has 1 aromatic rings. The Balaban J connectivity index is 1.52. The number of nitrogens with zero attached hydrogens (tertiary/aromatic N) is 2. The summed E-state index contributed by atoms with van der Waals surface area (Å²) < 4.78 is 0. The average molecular weight is 234 g/mol. The van der Waals surface area contributed by atoms with Gasteiger partial charge in [-0.3, -0.25) is 9.69 Å². The van der Waals surface area contributed by atoms with Crippen molar-refractivity contribution in [3.63, 3.8) is 0 Å². The van der Waals surface area contributed by atoms with Crippen molar-refractivity contribution >= 4 is 5.91 Å². The average Bonchev–Trinajstić information content (AvgIpc) is 2.81. The SMILES string of the molecule is O=C(c1ccc[nH]1)N1CC(N2CCNCC2)C1. The summed E-state index contributed by atoms with van der Waals surface area (Å²) in [7, 11) is 0. The van der Waals surface area contributed by atoms with Gasteiger partial charge in [-0.1, -0.05) is 0 Å². The number of aromatic amines is 1. The highest BCUT2D eigenvalue weighted by atomic mass is 16.2. The van der Waals surface area contributed by atoms with Crippen LogP contribution in [0.5, 0.6) is 0 Å². The molecular formula is C12H18N4O. The number of piperazine rings is 1. The number of carbonyl (C=O) groups is 1. The van der Waals surface area contributed by atoms with Gasteiger partial charge >= 0.3 is 0 Å². The van der Waals surface area contributed by atoms with Crippen molar-refractivity contribution in [2.45, 2.75) is 6.04 Å². The second-order valence-electron chi connectivity index (χ2n) is 4.73. The molecular weight excluding hydrogens is 216 g/mol. The van der Waals surface area contributed by atoms with E-state index in [-0.39, 0.29) is 5.91 Å². The summed E-state index contributed by atoms with van der Waals surface area (Å²) in [5.41, 5.74) is 0.698. The molecule has 2 aliphatic heterocycles. The summed E-state index contributed by atoms with van der Waals surface area (Å²) in [5.74, 6) is 0.126. The molecule has 0 bridgehead atoms. The smallest absolute Gasteiger partial charge is 0.270 e. The number of aromatic nitrogens is 1. The number of hydrogen-bond donors (Lipinski definition) is 2. The lowest BCUT2D eigenvalue weighted by Crippen LogP contribution is -2.63. The number of rotatable bonds is 2. The van der Waals surface area contributed by atoms with E-state index in [0.717, 1.165) is 39.3 Å². The van der Waals surface area contributed by atoms with E-state index in [1.165, 1.54) is 0 Å². The van der Waals surface area contributed by atoms with Crippen molar-refractivity contribution in [2.24, 2.45) is 0 Å². The van der Waals surface area contributed by atoms with Crippen molar-refractivity contribution in [3.05, 3.63) is 24.0 Å². The van der Waals surface area contributed by atoms with Crippen molar-refractivity contribution in [1.82, 2.24) is 20.1 Å². The molecule has 5 nitrogen and oxygen atoms in total. The third-order valence-electron chi connectivity index (χ3n) is 3.65. The Morgan fingerprint density at radius 1 is 1.29 bits per heavy atom. The predicted octanol–water partition coefficient (Wildman–Crippen LogP) is -0.256. The second kappa shape index (κ2) is 4.50. The third-order valence-corrected chi connectivity index (χ3v) is 3.65. The van der Waals surface area contributed by atoms with Gasteiger partial charge < -0.3 is 15.2 Å². The zero-order chi connectivity index (χ0) is 11.7. The first-order chi connectivity index (χ1) is 8.34. The minimum absolute atomic E-state index is 0.126. The van der Waals surface area contributed by atoms with Crippen molar-refractivity contribution in [1.29, 1.82) is 0 Å². The number of hydrogen-bond acceptors (Lipinski definition) is 3. The molecule has 2 fully saturated rings. The quantitative estimate of drug-likeness (QED) is 0.741. The van der Waals surface area contributed by atoms with Gasteiger partial charge in [0.25, 0.3) is 5.91 Å². The maximum atomic E-state index is 12.0. The maximum absolute atomic E-state index is 12.0. The first-order valence-electron chi connectivity index (χ1n) is 6.22. The molecule has 1 aromatic heterocycles. The number of H-pyrrole nitrogens is 1. The minimum Gasteiger partial charge on any atom is -0.357 e. The highest BCUT2D eigenvalue weighted by Crippen LogP contribution is 2.17. The van der Waals surface area contributed by atoms with Crippen LogP contribution in [-0.4, -0.2) is 66.0 Å². The van der Waals surface area contributed by atoms with E-state index in [1.54, 1.807) is 6.20 Å². The largest absolute Gasteiger partial charge is 0.357 e. The Labute approximate surface area is 101 Å². The first-order valence-corrected chi connectivity index (χ1v) is 6.22. The Hall–Kier alpha value is -1.33. The summed E-state index contributed by atoms with van der Waals surface area (Å²) in [6.07, 6.45) is 1.79. The van der Waals surface area contributed by atoms with Gasteiger partial charge in [0, 0.05) is 51.5 Å². The zero-order valence-corrected chi connectivity index (χ0v) is 9.85. The molecule has 0 saturated carbocycles. The number of carbonyl (C=O) groups excluding carboxylic acids is 1. The molecule has 92 valence electrons. The third kappa shape index (κ3) is 2.08. The topological polar surface area (TPSA) is 51.4 Å². The maximum Gasteiger partial charge on any atom is 0.270 e. The molecule has 0 unspecified atom stereocenters. The molecule has 0 atom stereocenters. The summed E-state index contributed by atoms with van der Waals surface area (Å²) in [6.45, 7) is 6.10. The standard InChI is InChI=1S/C12H18N4O/c17-12(11-2-1-3-14-11)16-8-10(9-16)15-6-4-13-5-7-15/h1-3,10,13-14H,4-9H2.